The smallest absolute Gasteiger partial charge is 0.239 e. The Morgan fingerprint density at radius 1 is 1.07 bits per heavy atom. The molecule has 0 aromatic carbocycles. The summed E-state index contributed by atoms with van der Waals surface area (Å²) in [5.41, 5.74) is 5.86. The average molecular weight is 233 g/mol. The van der Waals surface area contributed by atoms with Crippen LogP contribution in [-0.2, 0) is 4.79 Å². The van der Waals surface area contributed by atoms with Crippen molar-refractivity contribution >= 4 is 18.3 Å². The molecule has 0 spiro atoms. The van der Waals surface area contributed by atoms with Crippen LogP contribution >= 0.6 is 12.4 Å². The number of piperidine rings is 1. The predicted octanol–water partition coefficient (Wildman–Crippen LogP) is 1.69. The lowest BCUT2D eigenvalue weighted by molar-refractivity contribution is -0.137. The van der Waals surface area contributed by atoms with Gasteiger partial charge in [0.2, 0.25) is 5.91 Å². The van der Waals surface area contributed by atoms with Gasteiger partial charge in [-0.25, -0.2) is 0 Å². The Hall–Kier alpha value is -0.280. The summed E-state index contributed by atoms with van der Waals surface area (Å²) in [4.78, 5) is 14.0. The minimum atomic E-state index is -0.226. The lowest BCUT2D eigenvalue weighted by atomic mass is 9.92. The molecule has 0 aliphatic carbocycles. The number of hydrogen-bond donors (Lipinski definition) is 1. The van der Waals surface area contributed by atoms with Crippen molar-refractivity contribution in [2.75, 3.05) is 6.54 Å². The van der Waals surface area contributed by atoms with Crippen LogP contribution < -0.4 is 5.73 Å². The van der Waals surface area contributed by atoms with E-state index in [0.717, 1.165) is 25.8 Å². The molecule has 1 amide bonds. The van der Waals surface area contributed by atoms with Crippen molar-refractivity contribution in [3.05, 3.63) is 0 Å². The highest BCUT2D eigenvalue weighted by Crippen LogP contribution is 2.25. The summed E-state index contributed by atoms with van der Waals surface area (Å²) in [5.74, 6) is 0.203. The molecule has 2 heterocycles. The van der Waals surface area contributed by atoms with Gasteiger partial charge in [-0.2, -0.15) is 0 Å². The molecule has 2 aliphatic rings. The molecular formula is C11H21ClN2O. The lowest BCUT2D eigenvalue weighted by Gasteiger charge is -2.38. The second-order valence-electron chi connectivity index (χ2n) is 4.57. The van der Waals surface area contributed by atoms with Gasteiger partial charge in [0.25, 0.3) is 0 Å². The first-order valence-corrected chi connectivity index (χ1v) is 5.85. The average Bonchev–Trinajstić information content (AvgIpc) is 2.22. The van der Waals surface area contributed by atoms with Crippen molar-refractivity contribution in [1.29, 1.82) is 0 Å². The fourth-order valence-corrected chi connectivity index (χ4v) is 2.67. The number of fused-ring (bicyclic) bond motifs is 1. The Labute approximate surface area is 97.8 Å². The molecule has 0 saturated carbocycles. The van der Waals surface area contributed by atoms with E-state index in [1.165, 1.54) is 25.7 Å². The van der Waals surface area contributed by atoms with Gasteiger partial charge in [0.1, 0.15) is 0 Å². The van der Waals surface area contributed by atoms with E-state index < -0.39 is 0 Å². The van der Waals surface area contributed by atoms with Gasteiger partial charge >= 0.3 is 0 Å². The first kappa shape index (κ1) is 12.8. The molecule has 2 N–H and O–H groups in total. The molecule has 0 aromatic heterocycles. The molecule has 2 fully saturated rings. The van der Waals surface area contributed by atoms with E-state index >= 15 is 0 Å². The summed E-state index contributed by atoms with van der Waals surface area (Å²) in [5, 5.41) is 0. The number of nitrogens with two attached hydrogens (primary N) is 1. The number of carbonyl (C=O) groups is 1. The fraction of sp³-hybridized carbons (Fsp3) is 0.909. The molecule has 2 atom stereocenters. The monoisotopic (exact) mass is 232 g/mol. The van der Waals surface area contributed by atoms with Crippen LogP contribution in [0, 0.1) is 0 Å². The van der Waals surface area contributed by atoms with Crippen molar-refractivity contribution in [3.8, 4) is 0 Å². The molecular weight excluding hydrogens is 212 g/mol. The van der Waals surface area contributed by atoms with Crippen LogP contribution in [0.2, 0.25) is 0 Å². The second-order valence-corrected chi connectivity index (χ2v) is 4.57. The Morgan fingerprint density at radius 3 is 2.40 bits per heavy atom. The van der Waals surface area contributed by atoms with Crippen LogP contribution in [0.5, 0.6) is 0 Å². The number of carbonyl (C=O) groups excluding carboxylic acids is 1. The molecule has 15 heavy (non-hydrogen) atoms. The van der Waals surface area contributed by atoms with Crippen molar-refractivity contribution in [2.24, 2.45) is 5.73 Å². The van der Waals surface area contributed by atoms with Crippen molar-refractivity contribution < 1.29 is 4.79 Å². The zero-order valence-corrected chi connectivity index (χ0v) is 9.97. The molecule has 2 saturated heterocycles. The van der Waals surface area contributed by atoms with Gasteiger partial charge in [-0.1, -0.05) is 12.8 Å². The maximum absolute atomic E-state index is 11.9. The minimum absolute atomic E-state index is 0. The van der Waals surface area contributed by atoms with Gasteiger partial charge < -0.3 is 10.6 Å². The van der Waals surface area contributed by atoms with Crippen LogP contribution in [0.15, 0.2) is 0 Å². The fourth-order valence-electron chi connectivity index (χ4n) is 2.67. The maximum Gasteiger partial charge on any atom is 0.239 e. The first-order valence-electron chi connectivity index (χ1n) is 5.85. The Balaban J connectivity index is 0.00000112. The lowest BCUT2D eigenvalue weighted by Crippen LogP contribution is -2.51. The molecule has 0 bridgehead atoms. The van der Waals surface area contributed by atoms with E-state index in [0.29, 0.717) is 6.04 Å². The number of amides is 1. The second kappa shape index (κ2) is 5.71. The van der Waals surface area contributed by atoms with Crippen LogP contribution in [0.3, 0.4) is 0 Å². The topological polar surface area (TPSA) is 46.3 Å². The quantitative estimate of drug-likeness (QED) is 0.691. The van der Waals surface area contributed by atoms with Gasteiger partial charge in [-0.15, -0.1) is 12.4 Å². The number of halogens is 1. The van der Waals surface area contributed by atoms with E-state index in [1.54, 1.807) is 0 Å². The zero-order valence-electron chi connectivity index (χ0n) is 9.15. The van der Waals surface area contributed by atoms with E-state index in [2.05, 4.69) is 0 Å². The molecule has 0 unspecified atom stereocenters. The van der Waals surface area contributed by atoms with Crippen LogP contribution in [-0.4, -0.2) is 29.4 Å². The highest BCUT2D eigenvalue weighted by atomic mass is 35.5. The van der Waals surface area contributed by atoms with Crippen molar-refractivity contribution in [3.63, 3.8) is 0 Å². The molecule has 4 heteroatoms. The van der Waals surface area contributed by atoms with Gasteiger partial charge in [-0.05, 0) is 32.1 Å². The molecule has 3 nitrogen and oxygen atoms in total. The molecule has 0 radical (unpaired) electrons. The summed E-state index contributed by atoms with van der Waals surface area (Å²) in [6, 6.07) is 0.276. The number of hydrogen-bond acceptors (Lipinski definition) is 2. The van der Waals surface area contributed by atoms with E-state index in [4.69, 9.17) is 5.73 Å². The Bertz CT molecular complexity index is 223. The predicted molar refractivity (Wildman–Crippen MR) is 63.0 cm³/mol. The van der Waals surface area contributed by atoms with Gasteiger partial charge in [-0.3, -0.25) is 4.79 Å². The number of rotatable bonds is 0. The summed E-state index contributed by atoms with van der Waals surface area (Å²) in [7, 11) is 0. The Kier molecular flexibility index (Phi) is 4.87. The molecule has 0 aromatic rings. The summed E-state index contributed by atoms with van der Waals surface area (Å²) in [6.07, 6.45) is 8.07. The third-order valence-electron chi connectivity index (χ3n) is 3.53. The third kappa shape index (κ3) is 2.85. The van der Waals surface area contributed by atoms with Gasteiger partial charge in [0.05, 0.1) is 6.04 Å². The molecule has 2 aliphatic heterocycles. The highest BCUT2D eigenvalue weighted by Gasteiger charge is 2.30. The van der Waals surface area contributed by atoms with Crippen LogP contribution in [0.1, 0.15) is 44.9 Å². The van der Waals surface area contributed by atoms with Crippen molar-refractivity contribution in [1.82, 2.24) is 4.90 Å². The van der Waals surface area contributed by atoms with E-state index in [1.807, 2.05) is 4.90 Å². The number of nitrogens with zero attached hydrogens (tertiary/aromatic N) is 1. The third-order valence-corrected chi connectivity index (χ3v) is 3.53. The zero-order chi connectivity index (χ0) is 9.97. The van der Waals surface area contributed by atoms with Crippen LogP contribution in [0.4, 0.5) is 0 Å². The normalized spacial score (nSPS) is 32.3. The standard InChI is InChI=1S/C11H20N2O.ClH/c12-10-7-2-1-5-9-6-3-4-8-13(9)11(10)14;/h9-10H,1-8,12H2;1H/t9-,10-;/m0./s1. The highest BCUT2D eigenvalue weighted by molar-refractivity contribution is 5.85. The minimum Gasteiger partial charge on any atom is -0.338 e. The first-order chi connectivity index (χ1) is 6.79. The SMILES string of the molecule is Cl.N[C@H]1CCCC[C@H]2CCCCN2C1=O. The van der Waals surface area contributed by atoms with Gasteiger partial charge in [0, 0.05) is 12.6 Å². The van der Waals surface area contributed by atoms with E-state index in [9.17, 15) is 4.79 Å². The molecule has 2 rings (SSSR count). The Morgan fingerprint density at radius 2 is 1.67 bits per heavy atom. The summed E-state index contributed by atoms with van der Waals surface area (Å²) in [6.45, 7) is 0.942. The molecule has 88 valence electrons. The van der Waals surface area contributed by atoms with E-state index in [-0.39, 0.29) is 24.4 Å². The van der Waals surface area contributed by atoms with Crippen LogP contribution in [0.25, 0.3) is 0 Å². The largest absolute Gasteiger partial charge is 0.338 e. The van der Waals surface area contributed by atoms with Crippen molar-refractivity contribution in [2.45, 2.75) is 57.0 Å². The summed E-state index contributed by atoms with van der Waals surface area (Å²) < 4.78 is 0. The summed E-state index contributed by atoms with van der Waals surface area (Å²) >= 11 is 0. The maximum atomic E-state index is 11.9. The van der Waals surface area contributed by atoms with Gasteiger partial charge in [0.15, 0.2) is 0 Å².